The molecule has 0 unspecified atom stereocenters. The molecule has 0 radical (unpaired) electrons. The van der Waals surface area contributed by atoms with E-state index in [2.05, 4.69) is 19.7 Å². The largest absolute Gasteiger partial charge is 0.103 e. The molecule has 0 atom stereocenters. The highest BCUT2D eigenvalue weighted by atomic mass is 13.9. The second kappa shape index (κ2) is 29.9. The first-order valence-electron chi connectivity index (χ1n) is 7.21. The highest BCUT2D eigenvalue weighted by Gasteiger charge is 1.89. The van der Waals surface area contributed by atoms with Gasteiger partial charge in [-0.15, -0.1) is 6.58 Å². The maximum absolute atomic E-state index is 3.69. The summed E-state index contributed by atoms with van der Waals surface area (Å²) in [4.78, 5) is 0. The summed E-state index contributed by atoms with van der Waals surface area (Å²) < 4.78 is 0. The SMILES string of the molecule is C=CC.C=Cc1ccccc1C=C.CC.CC.CC. The molecule has 1 aromatic carbocycles. The Bertz CT molecular complexity index is 255. The van der Waals surface area contributed by atoms with Crippen molar-refractivity contribution >= 4 is 12.2 Å². The second-order valence-corrected chi connectivity index (χ2v) is 2.45. The molecule has 0 fully saturated rings. The Kier molecular flexibility index (Phi) is 41.1. The van der Waals surface area contributed by atoms with E-state index in [4.69, 9.17) is 0 Å². The Balaban J connectivity index is -0.000000106. The van der Waals surface area contributed by atoms with Crippen LogP contribution < -0.4 is 0 Å². The molecule has 0 aliphatic rings. The molecule has 19 heavy (non-hydrogen) atoms. The number of benzene rings is 1. The van der Waals surface area contributed by atoms with Crippen LogP contribution in [0, 0.1) is 0 Å². The maximum atomic E-state index is 3.69. The predicted molar refractivity (Wildman–Crippen MR) is 96.5 cm³/mol. The molecule has 0 nitrogen and oxygen atoms in total. The minimum Gasteiger partial charge on any atom is -0.103 e. The molecule has 1 rings (SSSR count). The van der Waals surface area contributed by atoms with Gasteiger partial charge in [-0.1, -0.05) is 97.2 Å². The monoisotopic (exact) mass is 262 g/mol. The number of allylic oxidation sites excluding steroid dienone is 1. The second-order valence-electron chi connectivity index (χ2n) is 2.45. The minimum absolute atomic E-state index is 1.14. The molecule has 0 heterocycles. The average Bonchev–Trinajstić information content (AvgIpc) is 2.54. The van der Waals surface area contributed by atoms with Gasteiger partial charge in [-0.3, -0.25) is 0 Å². The van der Waals surface area contributed by atoms with Crippen molar-refractivity contribution in [3.8, 4) is 0 Å². The van der Waals surface area contributed by atoms with Crippen LogP contribution in [0.5, 0.6) is 0 Å². The van der Waals surface area contributed by atoms with Crippen LogP contribution in [0.3, 0.4) is 0 Å². The Labute approximate surface area is 122 Å². The smallest absolute Gasteiger partial charge is 0.0190 e. The van der Waals surface area contributed by atoms with Gasteiger partial charge in [0.05, 0.1) is 0 Å². The first-order chi connectivity index (χ1) is 9.29. The van der Waals surface area contributed by atoms with E-state index >= 15 is 0 Å². The van der Waals surface area contributed by atoms with Gasteiger partial charge in [0.2, 0.25) is 0 Å². The fourth-order valence-corrected chi connectivity index (χ4v) is 0.883. The van der Waals surface area contributed by atoms with Crippen LogP contribution >= 0.6 is 0 Å². The molecular formula is C19H34. The van der Waals surface area contributed by atoms with Crippen molar-refractivity contribution in [1.82, 2.24) is 0 Å². The molecule has 0 aromatic heterocycles. The van der Waals surface area contributed by atoms with Crippen molar-refractivity contribution in [2.24, 2.45) is 0 Å². The van der Waals surface area contributed by atoms with Crippen molar-refractivity contribution in [3.05, 3.63) is 61.2 Å². The van der Waals surface area contributed by atoms with Crippen LogP contribution in [0.25, 0.3) is 12.2 Å². The summed E-state index contributed by atoms with van der Waals surface area (Å²) in [5.74, 6) is 0. The topological polar surface area (TPSA) is 0 Å². The molecule has 0 amide bonds. The molecule has 0 bridgehead atoms. The van der Waals surface area contributed by atoms with Crippen LogP contribution in [-0.2, 0) is 0 Å². The van der Waals surface area contributed by atoms with Gasteiger partial charge in [0.25, 0.3) is 0 Å². The molecule has 0 N–H and O–H groups in total. The van der Waals surface area contributed by atoms with Gasteiger partial charge in [0, 0.05) is 0 Å². The lowest BCUT2D eigenvalue weighted by Crippen LogP contribution is -1.76. The molecule has 0 saturated carbocycles. The first-order valence-corrected chi connectivity index (χ1v) is 7.21. The van der Waals surface area contributed by atoms with E-state index in [1.165, 1.54) is 0 Å². The Hall–Kier alpha value is -1.56. The molecule has 0 aliphatic carbocycles. The average molecular weight is 262 g/mol. The van der Waals surface area contributed by atoms with Crippen LogP contribution in [0.15, 0.2) is 50.1 Å². The number of rotatable bonds is 2. The lowest BCUT2D eigenvalue weighted by atomic mass is 10.1. The van der Waals surface area contributed by atoms with E-state index in [0.29, 0.717) is 0 Å². The van der Waals surface area contributed by atoms with Crippen molar-refractivity contribution in [2.75, 3.05) is 0 Å². The quantitative estimate of drug-likeness (QED) is 0.493. The van der Waals surface area contributed by atoms with Crippen LogP contribution in [0.2, 0.25) is 0 Å². The fraction of sp³-hybridized carbons (Fsp3) is 0.368. The summed E-state index contributed by atoms with van der Waals surface area (Å²) in [6, 6.07) is 8.02. The molecule has 110 valence electrons. The van der Waals surface area contributed by atoms with Crippen LogP contribution in [-0.4, -0.2) is 0 Å². The lowest BCUT2D eigenvalue weighted by molar-refractivity contribution is 1.50. The zero-order chi connectivity index (χ0) is 16.1. The van der Waals surface area contributed by atoms with E-state index in [9.17, 15) is 0 Å². The van der Waals surface area contributed by atoms with Gasteiger partial charge in [0.1, 0.15) is 0 Å². The van der Waals surface area contributed by atoms with E-state index in [1.54, 1.807) is 6.08 Å². The Morgan fingerprint density at radius 3 is 1.05 bits per heavy atom. The third-order valence-electron chi connectivity index (χ3n) is 1.44. The third-order valence-corrected chi connectivity index (χ3v) is 1.44. The van der Waals surface area contributed by atoms with Gasteiger partial charge in [0.15, 0.2) is 0 Å². The summed E-state index contributed by atoms with van der Waals surface area (Å²) in [5.41, 5.74) is 2.27. The van der Waals surface area contributed by atoms with Crippen molar-refractivity contribution < 1.29 is 0 Å². The summed E-state index contributed by atoms with van der Waals surface area (Å²) in [5, 5.41) is 0. The Morgan fingerprint density at radius 1 is 0.684 bits per heavy atom. The van der Waals surface area contributed by atoms with Crippen LogP contribution in [0.4, 0.5) is 0 Å². The van der Waals surface area contributed by atoms with Gasteiger partial charge in [-0.05, 0) is 18.1 Å². The Morgan fingerprint density at radius 2 is 0.895 bits per heavy atom. The first kappa shape index (κ1) is 26.1. The number of hydrogen-bond acceptors (Lipinski definition) is 0. The molecule has 0 aliphatic heterocycles. The highest BCUT2D eigenvalue weighted by Crippen LogP contribution is 2.10. The van der Waals surface area contributed by atoms with Gasteiger partial charge in [-0.25, -0.2) is 0 Å². The highest BCUT2D eigenvalue weighted by molar-refractivity contribution is 5.63. The maximum Gasteiger partial charge on any atom is -0.0190 e. The molecular weight excluding hydrogens is 228 g/mol. The number of hydrogen-bond donors (Lipinski definition) is 0. The fourth-order valence-electron chi connectivity index (χ4n) is 0.883. The molecule has 1 aromatic rings. The van der Waals surface area contributed by atoms with E-state index in [1.807, 2.05) is 84.9 Å². The van der Waals surface area contributed by atoms with Gasteiger partial charge >= 0.3 is 0 Å². The van der Waals surface area contributed by atoms with Crippen molar-refractivity contribution in [3.63, 3.8) is 0 Å². The van der Waals surface area contributed by atoms with Crippen molar-refractivity contribution in [2.45, 2.75) is 48.5 Å². The summed E-state index contributed by atoms with van der Waals surface area (Å²) >= 11 is 0. The van der Waals surface area contributed by atoms with Gasteiger partial charge in [-0.2, -0.15) is 0 Å². The minimum atomic E-state index is 1.14. The predicted octanol–water partition coefficient (Wildman–Crippen LogP) is 7.24. The van der Waals surface area contributed by atoms with E-state index in [0.717, 1.165) is 11.1 Å². The van der Waals surface area contributed by atoms with Crippen molar-refractivity contribution in [1.29, 1.82) is 0 Å². The van der Waals surface area contributed by atoms with Gasteiger partial charge < -0.3 is 0 Å². The van der Waals surface area contributed by atoms with Crippen LogP contribution in [0.1, 0.15) is 59.6 Å². The molecule has 0 saturated heterocycles. The standard InChI is InChI=1S/C10H10.C3H6.3C2H6/c1-3-9-7-5-6-8-10(9)4-2;1-3-2;3*1-2/h3-8H,1-2H2;3H,1H2,2H3;3*1-2H3. The summed E-state index contributed by atoms with van der Waals surface area (Å²) in [7, 11) is 0. The normalized spacial score (nSPS) is 6.26. The van der Waals surface area contributed by atoms with E-state index < -0.39 is 0 Å². The third kappa shape index (κ3) is 19.0. The summed E-state index contributed by atoms with van der Waals surface area (Å²) in [6.07, 6.45) is 5.41. The zero-order valence-electron chi connectivity index (χ0n) is 14.2. The molecule has 0 heteroatoms. The summed E-state index contributed by atoms with van der Waals surface area (Å²) in [6.45, 7) is 24.6. The molecule has 0 spiro atoms. The lowest BCUT2D eigenvalue weighted by Gasteiger charge is -1.96. The van der Waals surface area contributed by atoms with E-state index in [-0.39, 0.29) is 0 Å². The zero-order valence-corrected chi connectivity index (χ0v) is 14.2.